The third kappa shape index (κ3) is 7.36. The van der Waals surface area contributed by atoms with E-state index in [1.54, 1.807) is 18.2 Å². The van der Waals surface area contributed by atoms with Gasteiger partial charge >= 0.3 is 10.4 Å². The number of aliphatic hydroxyl groups excluding tert-OH is 1. The Hall–Kier alpha value is -1.55. The van der Waals surface area contributed by atoms with Gasteiger partial charge in [-0.25, -0.2) is 0 Å². The van der Waals surface area contributed by atoms with Crippen molar-refractivity contribution in [3.63, 3.8) is 0 Å². The molecule has 0 saturated heterocycles. The molecule has 9 heteroatoms. The van der Waals surface area contributed by atoms with Gasteiger partial charge in [-0.1, -0.05) is 12.1 Å². The fraction of sp³-hybridized carbons (Fsp3) is 0.250. The van der Waals surface area contributed by atoms with Crippen LogP contribution in [-0.2, 0) is 10.4 Å². The predicted molar refractivity (Wildman–Crippen MR) is 57.9 cm³/mol. The van der Waals surface area contributed by atoms with E-state index in [1.165, 1.54) is 13.0 Å². The van der Waals surface area contributed by atoms with Crippen LogP contribution in [0.3, 0.4) is 0 Å². The Bertz CT molecular complexity index is 474. The highest BCUT2D eigenvalue weighted by molar-refractivity contribution is 7.79. The first kappa shape index (κ1) is 15.4. The maximum absolute atomic E-state index is 10.4. The fourth-order valence-corrected chi connectivity index (χ4v) is 1.01. The van der Waals surface area contributed by atoms with E-state index in [0.29, 0.717) is 5.56 Å². The van der Waals surface area contributed by atoms with E-state index in [-0.39, 0.29) is 5.69 Å². The first-order chi connectivity index (χ1) is 7.63. The van der Waals surface area contributed by atoms with E-state index in [2.05, 4.69) is 0 Å². The van der Waals surface area contributed by atoms with Crippen LogP contribution in [0.1, 0.15) is 18.6 Å². The molecule has 3 N–H and O–H groups in total. The number of rotatable bonds is 2. The predicted octanol–water partition coefficient (Wildman–Crippen LogP) is 0.995. The van der Waals surface area contributed by atoms with Crippen molar-refractivity contribution in [2.75, 3.05) is 0 Å². The van der Waals surface area contributed by atoms with Crippen molar-refractivity contribution in [1.29, 1.82) is 0 Å². The summed E-state index contributed by atoms with van der Waals surface area (Å²) in [5, 5.41) is 19.6. The maximum atomic E-state index is 10.4. The van der Waals surface area contributed by atoms with E-state index in [0.717, 1.165) is 0 Å². The van der Waals surface area contributed by atoms with Gasteiger partial charge in [-0.05, 0) is 13.0 Å². The zero-order chi connectivity index (χ0) is 13.6. The van der Waals surface area contributed by atoms with Crippen LogP contribution < -0.4 is 0 Å². The molecule has 1 unspecified atom stereocenters. The van der Waals surface area contributed by atoms with E-state index in [4.69, 9.17) is 22.6 Å². The van der Waals surface area contributed by atoms with Crippen LogP contribution in [0, 0.1) is 10.1 Å². The molecule has 0 aliphatic carbocycles. The van der Waals surface area contributed by atoms with Gasteiger partial charge in [0.2, 0.25) is 0 Å². The van der Waals surface area contributed by atoms with Crippen molar-refractivity contribution >= 4 is 16.1 Å². The van der Waals surface area contributed by atoms with E-state index < -0.39 is 21.4 Å². The van der Waals surface area contributed by atoms with Crippen LogP contribution in [0.5, 0.6) is 0 Å². The molecule has 0 heterocycles. The Morgan fingerprint density at radius 2 is 1.71 bits per heavy atom. The molecule has 0 amide bonds. The number of hydrogen-bond donors (Lipinski definition) is 3. The molecular formula is C8H11NO7S. The molecule has 1 aromatic rings. The number of nitro benzene ring substituents is 1. The second-order valence-electron chi connectivity index (χ2n) is 2.94. The van der Waals surface area contributed by atoms with Gasteiger partial charge in [0.1, 0.15) is 0 Å². The minimum Gasteiger partial charge on any atom is -0.388 e. The van der Waals surface area contributed by atoms with Crippen molar-refractivity contribution in [2.24, 2.45) is 0 Å². The fourth-order valence-electron chi connectivity index (χ4n) is 1.01. The van der Waals surface area contributed by atoms with Crippen molar-refractivity contribution in [3.05, 3.63) is 39.9 Å². The number of hydrogen-bond acceptors (Lipinski definition) is 5. The molecule has 0 aliphatic rings. The van der Waals surface area contributed by atoms with Gasteiger partial charge in [0.05, 0.1) is 16.6 Å². The molecule has 1 atom stereocenters. The zero-order valence-corrected chi connectivity index (χ0v) is 9.53. The Morgan fingerprint density at radius 1 is 1.29 bits per heavy atom. The van der Waals surface area contributed by atoms with E-state index in [1.807, 2.05) is 0 Å². The lowest BCUT2D eigenvalue weighted by atomic mass is 10.1. The van der Waals surface area contributed by atoms with Crippen LogP contribution >= 0.6 is 0 Å². The third-order valence-electron chi connectivity index (χ3n) is 1.58. The highest BCUT2D eigenvalue weighted by Crippen LogP contribution is 2.23. The van der Waals surface area contributed by atoms with Gasteiger partial charge < -0.3 is 5.11 Å². The molecule has 0 saturated carbocycles. The summed E-state index contributed by atoms with van der Waals surface area (Å²) < 4.78 is 31.6. The molecule has 0 aromatic heterocycles. The van der Waals surface area contributed by atoms with Crippen molar-refractivity contribution in [1.82, 2.24) is 0 Å². The highest BCUT2D eigenvalue weighted by atomic mass is 32.3. The number of benzene rings is 1. The van der Waals surface area contributed by atoms with Gasteiger partial charge in [-0.15, -0.1) is 0 Å². The monoisotopic (exact) mass is 265 g/mol. The summed E-state index contributed by atoms with van der Waals surface area (Å²) in [6.07, 6.45) is -0.799. The van der Waals surface area contributed by atoms with Gasteiger partial charge in [0.25, 0.3) is 5.69 Å². The van der Waals surface area contributed by atoms with Crippen LogP contribution in [0.2, 0.25) is 0 Å². The van der Waals surface area contributed by atoms with E-state index >= 15 is 0 Å². The van der Waals surface area contributed by atoms with Gasteiger partial charge in [-0.3, -0.25) is 19.2 Å². The average Bonchev–Trinajstić information content (AvgIpc) is 2.15. The summed E-state index contributed by atoms with van der Waals surface area (Å²) in [6.45, 7) is 1.50. The quantitative estimate of drug-likeness (QED) is 0.411. The maximum Gasteiger partial charge on any atom is 0.394 e. The number of para-hydroxylation sites is 1. The lowest BCUT2D eigenvalue weighted by Gasteiger charge is -2.03. The minimum absolute atomic E-state index is 0.0347. The largest absolute Gasteiger partial charge is 0.394 e. The summed E-state index contributed by atoms with van der Waals surface area (Å²) in [4.78, 5) is 9.92. The molecule has 0 spiro atoms. The third-order valence-corrected chi connectivity index (χ3v) is 1.58. The lowest BCUT2D eigenvalue weighted by Crippen LogP contribution is -1.98. The molecule has 0 fully saturated rings. The van der Waals surface area contributed by atoms with Crippen molar-refractivity contribution in [2.45, 2.75) is 13.0 Å². The molecule has 0 bridgehead atoms. The summed E-state index contributed by atoms with van der Waals surface area (Å²) in [7, 11) is -4.67. The first-order valence-electron chi connectivity index (χ1n) is 4.24. The second-order valence-corrected chi connectivity index (χ2v) is 3.84. The molecule has 1 aromatic carbocycles. The standard InChI is InChI=1S/C8H9NO3.H2O4S/c1-6(10)7-4-2-3-5-8(7)9(11)12;1-5(2,3)4/h2-6,10H,1H3;(H2,1,2,3,4). The topological polar surface area (TPSA) is 138 Å². The summed E-state index contributed by atoms with van der Waals surface area (Å²) >= 11 is 0. The van der Waals surface area contributed by atoms with Gasteiger partial charge in [0, 0.05) is 6.07 Å². The first-order valence-corrected chi connectivity index (χ1v) is 5.64. The van der Waals surface area contributed by atoms with E-state index in [9.17, 15) is 10.1 Å². The molecule has 96 valence electrons. The van der Waals surface area contributed by atoms with Gasteiger partial charge in [0.15, 0.2) is 0 Å². The Kier molecular flexibility index (Phi) is 5.68. The van der Waals surface area contributed by atoms with Crippen LogP contribution in [0.15, 0.2) is 24.3 Å². The summed E-state index contributed by atoms with van der Waals surface area (Å²) in [6, 6.07) is 6.16. The SMILES string of the molecule is CC(O)c1ccccc1[N+](=O)[O-].O=S(=O)(O)O. The van der Waals surface area contributed by atoms with Gasteiger partial charge in [-0.2, -0.15) is 8.42 Å². The van der Waals surface area contributed by atoms with Crippen LogP contribution in [0.25, 0.3) is 0 Å². The normalized spacial score (nSPS) is 12.2. The van der Waals surface area contributed by atoms with Crippen LogP contribution in [-0.4, -0.2) is 27.6 Å². The minimum atomic E-state index is -4.67. The van der Waals surface area contributed by atoms with Crippen LogP contribution in [0.4, 0.5) is 5.69 Å². The van der Waals surface area contributed by atoms with Crippen molar-refractivity contribution in [3.8, 4) is 0 Å². The molecule has 0 aliphatic heterocycles. The molecule has 1 rings (SSSR count). The molecular weight excluding hydrogens is 254 g/mol. The van der Waals surface area contributed by atoms with Crippen molar-refractivity contribution < 1.29 is 27.6 Å². The summed E-state index contributed by atoms with van der Waals surface area (Å²) in [5.74, 6) is 0. The number of nitro groups is 1. The average molecular weight is 265 g/mol. The second kappa shape index (κ2) is 6.25. The zero-order valence-electron chi connectivity index (χ0n) is 8.72. The molecule has 8 nitrogen and oxygen atoms in total. The lowest BCUT2D eigenvalue weighted by molar-refractivity contribution is -0.386. The number of nitrogens with zero attached hydrogens (tertiary/aromatic N) is 1. The molecule has 17 heavy (non-hydrogen) atoms. The smallest absolute Gasteiger partial charge is 0.388 e. The Balaban J connectivity index is 0.000000437. The summed E-state index contributed by atoms with van der Waals surface area (Å²) in [5.41, 5.74) is 0.315. The molecule has 0 radical (unpaired) electrons. The number of aliphatic hydroxyl groups is 1. The highest BCUT2D eigenvalue weighted by Gasteiger charge is 2.15. The Labute approximate surface area is 97.2 Å². The Morgan fingerprint density at radius 3 is 2.00 bits per heavy atom.